The van der Waals surface area contributed by atoms with Crippen molar-refractivity contribution in [1.82, 2.24) is 9.78 Å². The summed E-state index contributed by atoms with van der Waals surface area (Å²) < 4.78 is 23.6. The van der Waals surface area contributed by atoms with Crippen molar-refractivity contribution in [2.75, 3.05) is 19.5 Å². The second-order valence-corrected chi connectivity index (χ2v) is 8.94. The highest BCUT2D eigenvalue weighted by atomic mass is 16.5. The Kier molecular flexibility index (Phi) is 7.37. The molecular weight excluding hydrogens is 510 g/mol. The van der Waals surface area contributed by atoms with E-state index in [4.69, 9.17) is 23.7 Å². The first kappa shape index (κ1) is 26.3. The van der Waals surface area contributed by atoms with Gasteiger partial charge in [-0.3, -0.25) is 9.59 Å². The van der Waals surface area contributed by atoms with Crippen LogP contribution in [0.3, 0.4) is 0 Å². The highest BCUT2D eigenvalue weighted by Crippen LogP contribution is 2.44. The van der Waals surface area contributed by atoms with Crippen LogP contribution in [0.5, 0.6) is 17.4 Å². The minimum Gasteiger partial charge on any atom is -0.497 e. The molecule has 0 saturated heterocycles. The topological polar surface area (TPSA) is 105 Å². The predicted molar refractivity (Wildman–Crippen MR) is 150 cm³/mol. The molecule has 0 radical (unpaired) electrons. The van der Waals surface area contributed by atoms with Crippen LogP contribution < -0.4 is 19.5 Å². The van der Waals surface area contributed by atoms with Gasteiger partial charge >= 0.3 is 5.97 Å². The number of benzene rings is 3. The standard InChI is InChI=1S/C31H27N3O6/c1-19-7-13-23(14-8-19)34-31(40-20(2)35)28(29(33-34)25-16-15-24(37-3)18-27(25)38-4)21-9-11-22(12-10-21)32-30(36)26-6-5-17-39-26/h5-18H,1-4H3,(H,32,36). The summed E-state index contributed by atoms with van der Waals surface area (Å²) in [4.78, 5) is 24.8. The first-order valence-electron chi connectivity index (χ1n) is 12.4. The lowest BCUT2D eigenvalue weighted by Crippen LogP contribution is -2.10. The van der Waals surface area contributed by atoms with Crippen LogP contribution in [0.2, 0.25) is 0 Å². The molecule has 40 heavy (non-hydrogen) atoms. The summed E-state index contributed by atoms with van der Waals surface area (Å²) in [6.45, 7) is 3.34. The molecular formula is C31H27N3O6. The number of carbonyl (C=O) groups excluding carboxylic acids is 2. The SMILES string of the molecule is COc1ccc(-c2nn(-c3ccc(C)cc3)c(OC(C)=O)c2-c2ccc(NC(=O)c3ccco3)cc2)c(OC)c1. The predicted octanol–water partition coefficient (Wildman–Crippen LogP) is 6.30. The van der Waals surface area contributed by atoms with E-state index in [1.54, 1.807) is 49.2 Å². The zero-order valence-electron chi connectivity index (χ0n) is 22.4. The van der Waals surface area contributed by atoms with E-state index >= 15 is 0 Å². The van der Waals surface area contributed by atoms with Gasteiger partial charge in [-0.25, -0.2) is 0 Å². The summed E-state index contributed by atoms with van der Waals surface area (Å²) in [5, 5.41) is 7.73. The number of esters is 1. The van der Waals surface area contributed by atoms with Crippen LogP contribution in [0.25, 0.3) is 28.1 Å². The van der Waals surface area contributed by atoms with E-state index in [0.29, 0.717) is 45.3 Å². The van der Waals surface area contributed by atoms with Crippen LogP contribution in [0.15, 0.2) is 89.5 Å². The Morgan fingerprint density at radius 2 is 1.68 bits per heavy atom. The fourth-order valence-corrected chi connectivity index (χ4v) is 4.26. The molecule has 0 unspecified atom stereocenters. The van der Waals surface area contributed by atoms with Crippen molar-refractivity contribution >= 4 is 17.6 Å². The molecule has 0 aliphatic rings. The largest absolute Gasteiger partial charge is 0.497 e. The Labute approximate surface area is 230 Å². The number of methoxy groups -OCH3 is 2. The van der Waals surface area contributed by atoms with E-state index in [9.17, 15) is 9.59 Å². The summed E-state index contributed by atoms with van der Waals surface area (Å²) in [6.07, 6.45) is 1.44. The highest BCUT2D eigenvalue weighted by molar-refractivity contribution is 6.02. The molecule has 0 bridgehead atoms. The fourth-order valence-electron chi connectivity index (χ4n) is 4.26. The minimum absolute atomic E-state index is 0.203. The number of furan rings is 1. The van der Waals surface area contributed by atoms with Crippen molar-refractivity contribution in [3.63, 3.8) is 0 Å². The van der Waals surface area contributed by atoms with Crippen molar-refractivity contribution in [3.05, 3.63) is 96.4 Å². The summed E-state index contributed by atoms with van der Waals surface area (Å²) in [5.74, 6) is 0.744. The molecule has 0 fully saturated rings. The zero-order chi connectivity index (χ0) is 28.2. The molecule has 2 aromatic heterocycles. The molecule has 5 rings (SSSR count). The lowest BCUT2D eigenvalue weighted by Gasteiger charge is -2.12. The number of hydrogen-bond donors (Lipinski definition) is 1. The minimum atomic E-state index is -0.495. The summed E-state index contributed by atoms with van der Waals surface area (Å²) in [5.41, 5.74) is 4.84. The van der Waals surface area contributed by atoms with E-state index in [1.807, 2.05) is 55.5 Å². The maximum Gasteiger partial charge on any atom is 0.309 e. The molecule has 0 aliphatic heterocycles. The second-order valence-electron chi connectivity index (χ2n) is 8.94. The molecule has 5 aromatic rings. The number of rotatable bonds is 8. The van der Waals surface area contributed by atoms with Crippen LogP contribution >= 0.6 is 0 Å². The van der Waals surface area contributed by atoms with E-state index in [-0.39, 0.29) is 17.5 Å². The molecule has 1 amide bonds. The van der Waals surface area contributed by atoms with Crippen LogP contribution in [0.1, 0.15) is 23.0 Å². The Morgan fingerprint density at radius 3 is 2.30 bits per heavy atom. The Morgan fingerprint density at radius 1 is 0.925 bits per heavy atom. The van der Waals surface area contributed by atoms with E-state index in [1.165, 1.54) is 13.2 Å². The van der Waals surface area contributed by atoms with Gasteiger partial charge in [-0.05, 0) is 61.0 Å². The van der Waals surface area contributed by atoms with Gasteiger partial charge in [0.25, 0.3) is 5.91 Å². The number of nitrogens with zero attached hydrogens (tertiary/aromatic N) is 2. The van der Waals surface area contributed by atoms with Gasteiger partial charge in [0.1, 0.15) is 17.2 Å². The smallest absolute Gasteiger partial charge is 0.309 e. The average molecular weight is 538 g/mol. The fraction of sp³-hybridized carbons (Fsp3) is 0.129. The molecule has 0 aliphatic carbocycles. The highest BCUT2D eigenvalue weighted by Gasteiger charge is 2.26. The molecule has 1 N–H and O–H groups in total. The molecule has 9 heteroatoms. The lowest BCUT2D eigenvalue weighted by molar-refractivity contribution is -0.132. The first-order chi connectivity index (χ1) is 19.4. The maximum absolute atomic E-state index is 12.5. The summed E-state index contributed by atoms with van der Waals surface area (Å²) in [7, 11) is 3.15. The lowest BCUT2D eigenvalue weighted by atomic mass is 10.00. The number of aromatic nitrogens is 2. The number of hydrogen-bond acceptors (Lipinski definition) is 7. The number of nitrogens with one attached hydrogen (secondary N) is 1. The third-order valence-electron chi connectivity index (χ3n) is 6.20. The number of carbonyl (C=O) groups is 2. The third kappa shape index (κ3) is 5.30. The molecule has 3 aromatic carbocycles. The van der Waals surface area contributed by atoms with E-state index < -0.39 is 5.97 Å². The van der Waals surface area contributed by atoms with Crippen LogP contribution in [0, 0.1) is 6.92 Å². The zero-order valence-corrected chi connectivity index (χ0v) is 22.4. The summed E-state index contributed by atoms with van der Waals surface area (Å²) >= 11 is 0. The van der Waals surface area contributed by atoms with Gasteiger partial charge in [-0.2, -0.15) is 9.78 Å². The Bertz CT molecular complexity index is 1650. The number of aryl methyl sites for hydroxylation is 1. The van der Waals surface area contributed by atoms with Crippen molar-refractivity contribution in [2.24, 2.45) is 0 Å². The van der Waals surface area contributed by atoms with Gasteiger partial charge in [0.2, 0.25) is 5.88 Å². The van der Waals surface area contributed by atoms with Crippen LogP contribution in [0.4, 0.5) is 5.69 Å². The van der Waals surface area contributed by atoms with Gasteiger partial charge in [-0.15, -0.1) is 0 Å². The Hall–Kier alpha value is -5.31. The van der Waals surface area contributed by atoms with Crippen molar-refractivity contribution < 1.29 is 28.2 Å². The quantitative estimate of drug-likeness (QED) is 0.232. The second kappa shape index (κ2) is 11.2. The van der Waals surface area contributed by atoms with Gasteiger partial charge in [0, 0.05) is 24.2 Å². The molecule has 202 valence electrons. The van der Waals surface area contributed by atoms with Crippen LogP contribution in [-0.4, -0.2) is 35.9 Å². The van der Waals surface area contributed by atoms with Gasteiger partial charge < -0.3 is 23.9 Å². The molecule has 0 saturated carbocycles. The van der Waals surface area contributed by atoms with Gasteiger partial charge in [0.15, 0.2) is 5.76 Å². The first-order valence-corrected chi connectivity index (χ1v) is 12.4. The Balaban J connectivity index is 1.68. The van der Waals surface area contributed by atoms with Crippen LogP contribution in [-0.2, 0) is 4.79 Å². The number of ether oxygens (including phenoxy) is 3. The van der Waals surface area contributed by atoms with Gasteiger partial charge in [0.05, 0.1) is 31.7 Å². The van der Waals surface area contributed by atoms with E-state index in [0.717, 1.165) is 5.56 Å². The molecule has 0 atom stereocenters. The normalized spacial score (nSPS) is 10.7. The molecule has 2 heterocycles. The van der Waals surface area contributed by atoms with Crippen molar-refractivity contribution in [1.29, 1.82) is 0 Å². The summed E-state index contributed by atoms with van der Waals surface area (Å²) in [6, 6.07) is 23.5. The monoisotopic (exact) mass is 537 g/mol. The maximum atomic E-state index is 12.5. The van der Waals surface area contributed by atoms with Crippen molar-refractivity contribution in [3.8, 4) is 45.5 Å². The van der Waals surface area contributed by atoms with E-state index in [2.05, 4.69) is 5.32 Å². The third-order valence-corrected chi connectivity index (χ3v) is 6.20. The number of anilines is 1. The molecule has 9 nitrogen and oxygen atoms in total. The molecule has 0 spiro atoms. The van der Waals surface area contributed by atoms with Gasteiger partial charge in [-0.1, -0.05) is 29.8 Å². The number of amides is 1. The van der Waals surface area contributed by atoms with Crippen molar-refractivity contribution in [2.45, 2.75) is 13.8 Å². The average Bonchev–Trinajstić information content (AvgIpc) is 3.62.